The lowest BCUT2D eigenvalue weighted by Gasteiger charge is -2.12. The van der Waals surface area contributed by atoms with Gasteiger partial charge in [-0.3, -0.25) is 4.79 Å². The smallest absolute Gasteiger partial charge is 0.246 e. The van der Waals surface area contributed by atoms with Crippen molar-refractivity contribution in [2.45, 2.75) is 20.8 Å². The number of hydrogen-bond acceptors (Lipinski definition) is 2. The van der Waals surface area contributed by atoms with Crippen LogP contribution in [0.5, 0.6) is 0 Å². The van der Waals surface area contributed by atoms with Crippen LogP contribution in [0, 0.1) is 18.3 Å². The van der Waals surface area contributed by atoms with E-state index in [9.17, 15) is 4.79 Å². The molecule has 1 aromatic carbocycles. The first-order valence-corrected chi connectivity index (χ1v) is 7.43. The van der Waals surface area contributed by atoms with Gasteiger partial charge in [0.2, 0.25) is 5.91 Å². The molecule has 23 heavy (non-hydrogen) atoms. The molecule has 0 atom stereocenters. The van der Waals surface area contributed by atoms with Gasteiger partial charge in [-0.1, -0.05) is 25.8 Å². The highest BCUT2D eigenvalue weighted by molar-refractivity contribution is 14.0. The molecule has 0 bridgehead atoms. The number of amides is 1. The SMILES string of the molecule is C#Cc1cccc(NC(=O)CN=C(NCC)NCC(C)C)c1.I. The van der Waals surface area contributed by atoms with Crippen molar-refractivity contribution in [3.8, 4) is 12.3 Å². The van der Waals surface area contributed by atoms with Crippen molar-refractivity contribution < 1.29 is 4.79 Å². The van der Waals surface area contributed by atoms with E-state index in [-0.39, 0.29) is 36.4 Å². The Morgan fingerprint density at radius 2 is 2.09 bits per heavy atom. The third kappa shape index (κ3) is 9.08. The molecule has 0 spiro atoms. The van der Waals surface area contributed by atoms with Crippen LogP contribution in [0.25, 0.3) is 0 Å². The molecule has 0 aliphatic heterocycles. The van der Waals surface area contributed by atoms with Crippen LogP contribution in [0.15, 0.2) is 29.3 Å². The standard InChI is InChI=1S/C17H24N4O.HI/c1-5-14-8-7-9-15(10-14)21-16(22)12-20-17(18-6-2)19-11-13(3)4;/h1,7-10,13H,6,11-12H2,2-4H3,(H,21,22)(H2,18,19,20);1H. The van der Waals surface area contributed by atoms with Gasteiger partial charge in [-0.15, -0.1) is 30.4 Å². The zero-order chi connectivity index (χ0) is 16.4. The quantitative estimate of drug-likeness (QED) is 0.282. The van der Waals surface area contributed by atoms with Gasteiger partial charge in [-0.05, 0) is 31.0 Å². The maximum absolute atomic E-state index is 11.9. The highest BCUT2D eigenvalue weighted by Crippen LogP contribution is 2.09. The van der Waals surface area contributed by atoms with Gasteiger partial charge in [0.1, 0.15) is 6.54 Å². The van der Waals surface area contributed by atoms with Crippen LogP contribution in [0.1, 0.15) is 26.3 Å². The van der Waals surface area contributed by atoms with Gasteiger partial charge in [0.05, 0.1) is 0 Å². The van der Waals surface area contributed by atoms with Crippen molar-refractivity contribution in [1.29, 1.82) is 0 Å². The molecule has 0 aromatic heterocycles. The highest BCUT2D eigenvalue weighted by atomic mass is 127. The zero-order valence-electron chi connectivity index (χ0n) is 13.8. The summed E-state index contributed by atoms with van der Waals surface area (Å²) in [5.74, 6) is 3.50. The minimum Gasteiger partial charge on any atom is -0.357 e. The predicted octanol–water partition coefficient (Wildman–Crippen LogP) is 2.44. The number of anilines is 1. The molecule has 0 radical (unpaired) electrons. The fourth-order valence-corrected chi connectivity index (χ4v) is 1.68. The Morgan fingerprint density at radius 1 is 1.35 bits per heavy atom. The van der Waals surface area contributed by atoms with Crippen molar-refractivity contribution in [2.75, 3.05) is 25.0 Å². The monoisotopic (exact) mass is 428 g/mol. The lowest BCUT2D eigenvalue weighted by molar-refractivity contribution is -0.114. The Morgan fingerprint density at radius 3 is 2.70 bits per heavy atom. The average molecular weight is 428 g/mol. The molecule has 0 heterocycles. The van der Waals surface area contributed by atoms with Crippen LogP contribution < -0.4 is 16.0 Å². The van der Waals surface area contributed by atoms with Gasteiger partial charge < -0.3 is 16.0 Å². The molecule has 0 saturated carbocycles. The van der Waals surface area contributed by atoms with Crippen molar-refractivity contribution >= 4 is 41.5 Å². The number of nitrogens with one attached hydrogen (secondary N) is 3. The molecular weight excluding hydrogens is 403 g/mol. The Hall–Kier alpha value is -1.75. The number of nitrogens with zero attached hydrogens (tertiary/aromatic N) is 1. The van der Waals surface area contributed by atoms with E-state index in [0.717, 1.165) is 18.7 Å². The number of halogens is 1. The van der Waals surface area contributed by atoms with Crippen LogP contribution >= 0.6 is 24.0 Å². The molecule has 0 aliphatic carbocycles. The van der Waals surface area contributed by atoms with Crippen LogP contribution in [0.2, 0.25) is 0 Å². The second-order valence-corrected chi connectivity index (χ2v) is 5.24. The lowest BCUT2D eigenvalue weighted by Crippen LogP contribution is -2.39. The van der Waals surface area contributed by atoms with E-state index < -0.39 is 0 Å². The predicted molar refractivity (Wildman–Crippen MR) is 107 cm³/mol. The number of guanidine groups is 1. The van der Waals surface area contributed by atoms with Crippen molar-refractivity contribution in [3.63, 3.8) is 0 Å². The summed E-state index contributed by atoms with van der Waals surface area (Å²) in [7, 11) is 0. The fraction of sp³-hybridized carbons (Fsp3) is 0.412. The molecule has 0 aliphatic rings. The topological polar surface area (TPSA) is 65.5 Å². The molecule has 0 saturated heterocycles. The normalized spacial score (nSPS) is 10.5. The fourth-order valence-electron chi connectivity index (χ4n) is 1.68. The minimum absolute atomic E-state index is 0. The number of carbonyl (C=O) groups is 1. The summed E-state index contributed by atoms with van der Waals surface area (Å²) in [6, 6.07) is 7.17. The number of hydrogen-bond donors (Lipinski definition) is 3. The highest BCUT2D eigenvalue weighted by Gasteiger charge is 2.04. The largest absolute Gasteiger partial charge is 0.357 e. The molecular formula is C17H25IN4O. The Labute approximate surface area is 155 Å². The van der Waals surface area contributed by atoms with Crippen molar-refractivity contribution in [2.24, 2.45) is 10.9 Å². The second kappa shape index (κ2) is 11.8. The van der Waals surface area contributed by atoms with Crippen molar-refractivity contribution in [3.05, 3.63) is 29.8 Å². The molecule has 126 valence electrons. The van der Waals surface area contributed by atoms with E-state index in [4.69, 9.17) is 6.42 Å². The summed E-state index contributed by atoms with van der Waals surface area (Å²) in [4.78, 5) is 16.2. The average Bonchev–Trinajstić information content (AvgIpc) is 2.50. The van der Waals surface area contributed by atoms with Crippen LogP contribution in [-0.2, 0) is 4.79 Å². The van der Waals surface area contributed by atoms with Crippen LogP contribution in [0.3, 0.4) is 0 Å². The summed E-state index contributed by atoms with van der Waals surface area (Å²) in [6.45, 7) is 7.81. The van der Waals surface area contributed by atoms with Gasteiger partial charge in [-0.2, -0.15) is 0 Å². The maximum atomic E-state index is 11.9. The van der Waals surface area contributed by atoms with Crippen molar-refractivity contribution in [1.82, 2.24) is 10.6 Å². The first-order valence-electron chi connectivity index (χ1n) is 7.43. The van der Waals surface area contributed by atoms with E-state index in [1.54, 1.807) is 12.1 Å². The van der Waals surface area contributed by atoms with E-state index in [2.05, 4.69) is 40.7 Å². The number of benzene rings is 1. The summed E-state index contributed by atoms with van der Waals surface area (Å²) >= 11 is 0. The molecule has 3 N–H and O–H groups in total. The summed E-state index contributed by atoms with van der Waals surface area (Å²) in [6.07, 6.45) is 5.34. The lowest BCUT2D eigenvalue weighted by atomic mass is 10.2. The van der Waals surface area contributed by atoms with Gasteiger partial charge in [0.25, 0.3) is 0 Å². The first-order chi connectivity index (χ1) is 10.5. The van der Waals surface area contributed by atoms with Crippen LogP contribution in [-0.4, -0.2) is 31.5 Å². The first kappa shape index (κ1) is 21.2. The maximum Gasteiger partial charge on any atom is 0.246 e. The third-order valence-electron chi connectivity index (χ3n) is 2.72. The number of terminal acetylenes is 1. The Balaban J connectivity index is 0.00000484. The molecule has 1 amide bonds. The minimum atomic E-state index is -0.184. The molecule has 0 unspecified atom stereocenters. The number of aliphatic imine (C=N–C) groups is 1. The van der Waals surface area contributed by atoms with Gasteiger partial charge in [0.15, 0.2) is 5.96 Å². The number of rotatable bonds is 6. The van der Waals surface area contributed by atoms with Gasteiger partial charge in [-0.25, -0.2) is 4.99 Å². The van der Waals surface area contributed by atoms with Gasteiger partial charge >= 0.3 is 0 Å². The molecule has 6 heteroatoms. The second-order valence-electron chi connectivity index (χ2n) is 5.24. The molecule has 1 rings (SSSR count). The molecule has 0 fully saturated rings. The van der Waals surface area contributed by atoms with E-state index >= 15 is 0 Å². The summed E-state index contributed by atoms with van der Waals surface area (Å²) in [5, 5.41) is 9.08. The third-order valence-corrected chi connectivity index (χ3v) is 2.72. The Kier molecular flexibility index (Phi) is 10.9. The van der Waals surface area contributed by atoms with E-state index in [1.165, 1.54) is 0 Å². The zero-order valence-corrected chi connectivity index (χ0v) is 16.2. The summed E-state index contributed by atoms with van der Waals surface area (Å²) < 4.78 is 0. The molecule has 1 aromatic rings. The summed E-state index contributed by atoms with van der Waals surface area (Å²) in [5.41, 5.74) is 1.41. The van der Waals surface area contributed by atoms with Gasteiger partial charge in [0, 0.05) is 24.3 Å². The number of carbonyl (C=O) groups excluding carboxylic acids is 1. The molecule has 5 nitrogen and oxygen atoms in total. The van der Waals surface area contributed by atoms with E-state index in [0.29, 0.717) is 17.6 Å². The van der Waals surface area contributed by atoms with E-state index in [1.807, 2.05) is 19.1 Å². The Bertz CT molecular complexity index is 564. The van der Waals surface area contributed by atoms with Crippen LogP contribution in [0.4, 0.5) is 5.69 Å².